The maximum absolute atomic E-state index is 5.25. The fraction of sp³-hybridized carbons (Fsp3) is 0. The van der Waals surface area contributed by atoms with Crippen LogP contribution >= 0.6 is 35.0 Å². The zero-order chi connectivity index (χ0) is 3.86. The highest BCUT2D eigenvalue weighted by molar-refractivity contribution is 8.16. The summed E-state index contributed by atoms with van der Waals surface area (Å²) in [6, 6.07) is 0. The summed E-state index contributed by atoms with van der Waals surface area (Å²) in [6.45, 7) is 0. The van der Waals surface area contributed by atoms with Gasteiger partial charge in [0, 0.05) is 0 Å². The zero-order valence-electron chi connectivity index (χ0n) is 2.16. The van der Waals surface area contributed by atoms with Crippen molar-refractivity contribution >= 4 is 35.0 Å². The molecule has 0 saturated heterocycles. The van der Waals surface area contributed by atoms with E-state index in [-0.39, 0.29) is 0 Å². The number of halogens is 2. The van der Waals surface area contributed by atoms with E-state index < -0.39 is 0 Å². The van der Waals surface area contributed by atoms with Crippen LogP contribution in [0.2, 0.25) is 0 Å². The Morgan fingerprint density at radius 2 is 1.40 bits per heavy atom. The first-order valence-electron chi connectivity index (χ1n) is 1.04. The number of rotatable bonds is 0. The summed E-state index contributed by atoms with van der Waals surface area (Å²) in [5.74, 6) is 0. The van der Waals surface area contributed by atoms with E-state index in [4.69, 9.17) is 23.2 Å². The van der Waals surface area contributed by atoms with Crippen molar-refractivity contribution in [1.29, 1.82) is 0 Å². The lowest BCUT2D eigenvalue weighted by Crippen LogP contribution is -1.11. The molecule has 0 saturated carbocycles. The molecular weight excluding hydrogens is 127 g/mol. The summed E-state index contributed by atoms with van der Waals surface area (Å²) in [5.41, 5.74) is 0. The highest BCUT2D eigenvalue weighted by Gasteiger charge is 2.16. The largest absolute Gasteiger partial charge is 0.105 e. The van der Waals surface area contributed by atoms with Crippen LogP contribution in [0.5, 0.6) is 0 Å². The second kappa shape index (κ2) is 1.07. The van der Waals surface area contributed by atoms with E-state index in [1.807, 2.05) is 0 Å². The third-order valence-electron chi connectivity index (χ3n) is 0.292. The maximum atomic E-state index is 5.25. The van der Waals surface area contributed by atoms with Gasteiger partial charge in [0.25, 0.3) is 0 Å². The Labute approximate surface area is 44.1 Å². The summed E-state index contributed by atoms with van der Waals surface area (Å²) in [6.07, 6.45) is 0. The topological polar surface area (TPSA) is 0 Å². The lowest BCUT2D eigenvalue weighted by Gasteiger charge is -1.41. The lowest BCUT2D eigenvalue weighted by atomic mass is 11.3. The normalized spacial score (nSPS) is 20.4. The SMILES string of the molecule is ClC1=C(Cl)S1. The molecule has 0 fully saturated rings. The number of hydrogen-bond donors (Lipinski definition) is 0. The Balaban J connectivity index is 2.59. The molecule has 1 rings (SSSR count). The van der Waals surface area contributed by atoms with Crippen molar-refractivity contribution in [3.05, 3.63) is 8.73 Å². The van der Waals surface area contributed by atoms with E-state index in [0.717, 1.165) is 8.73 Å². The summed E-state index contributed by atoms with van der Waals surface area (Å²) >= 11 is 11.9. The molecule has 28 valence electrons. The van der Waals surface area contributed by atoms with Crippen LogP contribution in [0.1, 0.15) is 0 Å². The Hall–Kier alpha value is 0.670. The Bertz CT molecular complexity index is 75.6. The van der Waals surface area contributed by atoms with Gasteiger partial charge in [0.2, 0.25) is 0 Å². The van der Waals surface area contributed by atoms with Crippen molar-refractivity contribution in [1.82, 2.24) is 0 Å². The molecule has 0 aliphatic carbocycles. The lowest BCUT2D eigenvalue weighted by molar-refractivity contribution is 2.51. The fourth-order valence-corrected chi connectivity index (χ4v) is 0.741. The monoisotopic (exact) mass is 126 g/mol. The van der Waals surface area contributed by atoms with Gasteiger partial charge in [0.1, 0.15) is 8.73 Å². The summed E-state index contributed by atoms with van der Waals surface area (Å²) in [7, 11) is 0. The van der Waals surface area contributed by atoms with Crippen molar-refractivity contribution in [2.45, 2.75) is 0 Å². The van der Waals surface area contributed by atoms with E-state index in [1.165, 1.54) is 11.8 Å². The summed E-state index contributed by atoms with van der Waals surface area (Å²) in [5, 5.41) is 0. The molecule has 0 amide bonds. The zero-order valence-corrected chi connectivity index (χ0v) is 4.49. The minimum atomic E-state index is 0.742. The third kappa shape index (κ3) is 0.748. The minimum absolute atomic E-state index is 0.742. The van der Waals surface area contributed by atoms with Crippen LogP contribution < -0.4 is 0 Å². The molecule has 0 unspecified atom stereocenters. The van der Waals surface area contributed by atoms with Gasteiger partial charge in [-0.3, -0.25) is 0 Å². The molecule has 0 N–H and O–H groups in total. The maximum Gasteiger partial charge on any atom is 0.105 e. The quantitative estimate of drug-likeness (QED) is 0.481. The highest BCUT2D eigenvalue weighted by Crippen LogP contribution is 2.50. The molecule has 1 aliphatic rings. The molecule has 0 radical (unpaired) electrons. The van der Waals surface area contributed by atoms with Crippen molar-refractivity contribution in [2.24, 2.45) is 0 Å². The van der Waals surface area contributed by atoms with Crippen LogP contribution in [0.3, 0.4) is 0 Å². The smallest absolute Gasteiger partial charge is 0.0741 e. The van der Waals surface area contributed by atoms with Crippen LogP contribution in [-0.4, -0.2) is 0 Å². The average molecular weight is 127 g/mol. The Morgan fingerprint density at radius 1 is 1.20 bits per heavy atom. The minimum Gasteiger partial charge on any atom is -0.0741 e. The first kappa shape index (κ1) is 3.85. The summed E-state index contributed by atoms with van der Waals surface area (Å²) < 4.78 is 1.48. The van der Waals surface area contributed by atoms with Crippen LogP contribution in [0.15, 0.2) is 8.73 Å². The van der Waals surface area contributed by atoms with Crippen LogP contribution in [0.4, 0.5) is 0 Å². The fourth-order valence-electron chi connectivity index (χ4n) is 0.0532. The van der Waals surface area contributed by atoms with Gasteiger partial charge in [-0.1, -0.05) is 35.0 Å². The molecule has 0 aromatic rings. The van der Waals surface area contributed by atoms with Gasteiger partial charge in [0.05, 0.1) is 0 Å². The van der Waals surface area contributed by atoms with E-state index >= 15 is 0 Å². The first-order chi connectivity index (χ1) is 2.30. The van der Waals surface area contributed by atoms with Crippen molar-refractivity contribution in [3.63, 3.8) is 0 Å². The van der Waals surface area contributed by atoms with Crippen molar-refractivity contribution in [3.8, 4) is 0 Å². The van der Waals surface area contributed by atoms with Crippen LogP contribution in [0.25, 0.3) is 0 Å². The molecule has 1 heterocycles. The van der Waals surface area contributed by atoms with E-state index in [0.29, 0.717) is 0 Å². The van der Waals surface area contributed by atoms with E-state index in [9.17, 15) is 0 Å². The number of hydrogen-bond acceptors (Lipinski definition) is 1. The van der Waals surface area contributed by atoms with Gasteiger partial charge in [-0.2, -0.15) is 0 Å². The van der Waals surface area contributed by atoms with Crippen molar-refractivity contribution < 1.29 is 0 Å². The third-order valence-corrected chi connectivity index (χ3v) is 2.02. The van der Waals surface area contributed by atoms with Crippen LogP contribution in [0, 0.1) is 0 Å². The molecule has 0 bridgehead atoms. The molecule has 3 heteroatoms. The summed E-state index contributed by atoms with van der Waals surface area (Å²) in [4.78, 5) is 0. The van der Waals surface area contributed by atoms with Gasteiger partial charge in [0.15, 0.2) is 0 Å². The molecule has 1 aliphatic heterocycles. The molecule has 0 nitrogen and oxygen atoms in total. The molecule has 5 heavy (non-hydrogen) atoms. The Kier molecular flexibility index (Phi) is 0.823. The molecule has 0 atom stereocenters. The standard InChI is InChI=1S/C2Cl2S/c3-1-2(4)5-1. The predicted molar refractivity (Wildman–Crippen MR) is 26.3 cm³/mol. The second-order valence-electron chi connectivity index (χ2n) is 0.649. The number of thioether (sulfide) groups is 1. The van der Waals surface area contributed by atoms with Crippen molar-refractivity contribution in [2.75, 3.05) is 0 Å². The Morgan fingerprint density at radius 3 is 1.40 bits per heavy atom. The van der Waals surface area contributed by atoms with E-state index in [1.54, 1.807) is 0 Å². The molecule has 0 aromatic heterocycles. The van der Waals surface area contributed by atoms with E-state index in [2.05, 4.69) is 0 Å². The second-order valence-corrected chi connectivity index (χ2v) is 2.87. The molecule has 0 spiro atoms. The highest BCUT2D eigenvalue weighted by atomic mass is 35.5. The average Bonchev–Trinajstić information content (AvgIpc) is 1.79. The van der Waals surface area contributed by atoms with Gasteiger partial charge < -0.3 is 0 Å². The van der Waals surface area contributed by atoms with Gasteiger partial charge in [-0.15, -0.1) is 0 Å². The van der Waals surface area contributed by atoms with Gasteiger partial charge in [-0.05, 0) is 0 Å². The predicted octanol–water partition coefficient (Wildman–Crippen LogP) is 2.34. The van der Waals surface area contributed by atoms with Gasteiger partial charge in [-0.25, -0.2) is 0 Å². The molecule has 0 aromatic carbocycles. The van der Waals surface area contributed by atoms with Gasteiger partial charge >= 0.3 is 0 Å². The molecular formula is C2Cl2S. The first-order valence-corrected chi connectivity index (χ1v) is 2.61. The van der Waals surface area contributed by atoms with Crippen LogP contribution in [-0.2, 0) is 0 Å².